The molecule has 2 fully saturated rings. The first-order chi connectivity index (χ1) is 5.59. The summed E-state index contributed by atoms with van der Waals surface area (Å²) < 4.78 is 31.0. The maximum Gasteiger partial charge on any atom is 0.264 e. The number of hydrogen-bond donors (Lipinski definition) is 0. The Labute approximate surface area is 70.5 Å². The van der Waals surface area contributed by atoms with Crippen LogP contribution in [0.15, 0.2) is 0 Å². The van der Waals surface area contributed by atoms with Crippen molar-refractivity contribution in [3.05, 3.63) is 0 Å². The highest BCUT2D eigenvalue weighted by Gasteiger charge is 2.48. The molecule has 2 nitrogen and oxygen atoms in total. The molecule has 2 rings (SSSR count). The van der Waals surface area contributed by atoms with Gasteiger partial charge in [0, 0.05) is 12.5 Å². The van der Waals surface area contributed by atoms with Crippen molar-refractivity contribution < 1.29 is 13.5 Å². The molecule has 4 heteroatoms. The van der Waals surface area contributed by atoms with E-state index in [1.54, 1.807) is 6.92 Å². The minimum atomic E-state index is -2.49. The smallest absolute Gasteiger partial charge is 0.264 e. The number of hydrogen-bond acceptors (Lipinski definition) is 2. The van der Waals surface area contributed by atoms with Crippen molar-refractivity contribution in [3.8, 4) is 0 Å². The van der Waals surface area contributed by atoms with Crippen molar-refractivity contribution in [1.82, 2.24) is 4.90 Å². The summed E-state index contributed by atoms with van der Waals surface area (Å²) in [5, 5.41) is 0. The van der Waals surface area contributed by atoms with Gasteiger partial charge in [-0.25, -0.2) is 8.78 Å². The van der Waals surface area contributed by atoms with Crippen LogP contribution in [0.4, 0.5) is 8.78 Å². The maximum atomic E-state index is 13.0. The molecule has 0 aromatic carbocycles. The second-order valence-corrected chi connectivity index (χ2v) is 3.78. The third kappa shape index (κ3) is 1.23. The highest BCUT2D eigenvalue weighted by atomic mass is 19.3. The van der Waals surface area contributed by atoms with Gasteiger partial charge in [0.05, 0.1) is 25.8 Å². The van der Waals surface area contributed by atoms with Gasteiger partial charge in [-0.2, -0.15) is 0 Å². The van der Waals surface area contributed by atoms with Crippen LogP contribution in [0.25, 0.3) is 0 Å². The number of nitrogens with zero attached hydrogens (tertiary/aromatic N) is 1. The Hall–Kier alpha value is -0.220. The number of halogens is 2. The van der Waals surface area contributed by atoms with Gasteiger partial charge in [0.25, 0.3) is 5.92 Å². The Morgan fingerprint density at radius 3 is 2.42 bits per heavy atom. The van der Waals surface area contributed by atoms with Crippen LogP contribution in [0.1, 0.15) is 6.92 Å². The summed E-state index contributed by atoms with van der Waals surface area (Å²) in [6, 6.07) is 0.251. The van der Waals surface area contributed by atoms with Crippen molar-refractivity contribution in [3.63, 3.8) is 0 Å². The Balaban J connectivity index is 1.95. The molecule has 2 aliphatic rings. The monoisotopic (exact) mass is 177 g/mol. The SMILES string of the molecule is CC1CN(C2COC2)CC1(F)F. The van der Waals surface area contributed by atoms with Gasteiger partial charge < -0.3 is 4.74 Å². The van der Waals surface area contributed by atoms with Crippen LogP contribution in [0, 0.1) is 5.92 Å². The average molecular weight is 177 g/mol. The van der Waals surface area contributed by atoms with Crippen LogP contribution < -0.4 is 0 Å². The lowest BCUT2D eigenvalue weighted by atomic mass is 10.1. The normalized spacial score (nSPS) is 36.8. The molecule has 1 unspecified atom stereocenters. The Bertz CT molecular complexity index is 182. The van der Waals surface area contributed by atoms with E-state index < -0.39 is 11.8 Å². The molecule has 0 saturated carbocycles. The van der Waals surface area contributed by atoms with E-state index in [1.807, 2.05) is 4.90 Å². The Morgan fingerprint density at radius 1 is 1.42 bits per heavy atom. The Morgan fingerprint density at radius 2 is 2.08 bits per heavy atom. The van der Waals surface area contributed by atoms with Crippen LogP contribution in [0.3, 0.4) is 0 Å². The Kier molecular flexibility index (Phi) is 1.84. The second-order valence-electron chi connectivity index (χ2n) is 3.78. The predicted octanol–water partition coefficient (Wildman–Crippen LogP) is 0.972. The average Bonchev–Trinajstić information content (AvgIpc) is 2.02. The quantitative estimate of drug-likeness (QED) is 0.591. The van der Waals surface area contributed by atoms with Gasteiger partial charge in [-0.1, -0.05) is 6.92 Å². The lowest BCUT2D eigenvalue weighted by Gasteiger charge is -2.34. The fourth-order valence-electron chi connectivity index (χ4n) is 1.69. The molecule has 0 aliphatic carbocycles. The van der Waals surface area contributed by atoms with E-state index in [0.717, 1.165) is 0 Å². The van der Waals surface area contributed by atoms with Crippen molar-refractivity contribution >= 4 is 0 Å². The minimum Gasteiger partial charge on any atom is -0.378 e. The molecular weight excluding hydrogens is 164 g/mol. The third-order valence-electron chi connectivity index (χ3n) is 2.78. The molecule has 0 N–H and O–H groups in total. The predicted molar refractivity (Wildman–Crippen MR) is 40.3 cm³/mol. The van der Waals surface area contributed by atoms with Crippen LogP contribution in [0.2, 0.25) is 0 Å². The summed E-state index contributed by atoms with van der Waals surface area (Å²) in [6.07, 6.45) is 0. The lowest BCUT2D eigenvalue weighted by Crippen LogP contribution is -2.48. The van der Waals surface area contributed by atoms with Crippen molar-refractivity contribution in [1.29, 1.82) is 0 Å². The van der Waals surface area contributed by atoms with Gasteiger partial charge in [0.2, 0.25) is 0 Å². The number of alkyl halides is 2. The van der Waals surface area contributed by atoms with E-state index in [2.05, 4.69) is 0 Å². The highest BCUT2D eigenvalue weighted by Crippen LogP contribution is 2.34. The molecule has 0 amide bonds. The van der Waals surface area contributed by atoms with Crippen molar-refractivity contribution in [2.24, 2.45) is 5.92 Å². The highest BCUT2D eigenvalue weighted by molar-refractivity contribution is 4.92. The van der Waals surface area contributed by atoms with Crippen LogP contribution in [-0.2, 0) is 4.74 Å². The van der Waals surface area contributed by atoms with E-state index in [-0.39, 0.29) is 12.6 Å². The molecule has 2 saturated heterocycles. The molecule has 2 aliphatic heterocycles. The van der Waals surface area contributed by atoms with E-state index >= 15 is 0 Å². The van der Waals surface area contributed by atoms with Gasteiger partial charge >= 0.3 is 0 Å². The molecule has 70 valence electrons. The standard InChI is InChI=1S/C8H13F2NO/c1-6-2-11(5-8(6,9)10)7-3-12-4-7/h6-7H,2-5H2,1H3. The summed E-state index contributed by atoms with van der Waals surface area (Å²) in [4.78, 5) is 1.84. The van der Waals surface area contributed by atoms with Crippen LogP contribution in [-0.4, -0.2) is 43.2 Å². The zero-order chi connectivity index (χ0) is 8.77. The summed E-state index contributed by atoms with van der Waals surface area (Å²) in [5.41, 5.74) is 0. The first-order valence-corrected chi connectivity index (χ1v) is 4.29. The van der Waals surface area contributed by atoms with E-state index in [1.165, 1.54) is 0 Å². The molecule has 0 radical (unpaired) electrons. The first-order valence-electron chi connectivity index (χ1n) is 4.29. The maximum absolute atomic E-state index is 13.0. The zero-order valence-electron chi connectivity index (χ0n) is 7.09. The van der Waals surface area contributed by atoms with Crippen molar-refractivity contribution in [2.75, 3.05) is 26.3 Å². The summed E-state index contributed by atoms with van der Waals surface area (Å²) in [7, 11) is 0. The van der Waals surface area contributed by atoms with E-state index in [0.29, 0.717) is 19.8 Å². The fourth-order valence-corrected chi connectivity index (χ4v) is 1.69. The molecule has 2 heterocycles. The third-order valence-corrected chi connectivity index (χ3v) is 2.78. The van der Waals surface area contributed by atoms with Crippen LogP contribution >= 0.6 is 0 Å². The molecule has 0 bridgehead atoms. The van der Waals surface area contributed by atoms with Gasteiger partial charge in [-0.15, -0.1) is 0 Å². The van der Waals surface area contributed by atoms with Crippen molar-refractivity contribution in [2.45, 2.75) is 18.9 Å². The summed E-state index contributed by atoms with van der Waals surface area (Å²) in [6.45, 7) is 3.30. The second kappa shape index (κ2) is 2.64. The first kappa shape index (κ1) is 8.38. The molecule has 0 spiro atoms. The minimum absolute atomic E-state index is 0.0812. The van der Waals surface area contributed by atoms with Crippen LogP contribution in [0.5, 0.6) is 0 Å². The lowest BCUT2D eigenvalue weighted by molar-refractivity contribution is -0.0726. The largest absolute Gasteiger partial charge is 0.378 e. The molecular formula is C8H13F2NO. The fraction of sp³-hybridized carbons (Fsp3) is 1.00. The van der Waals surface area contributed by atoms with Gasteiger partial charge in [0.15, 0.2) is 0 Å². The number of likely N-dealkylation sites (tertiary alicyclic amines) is 1. The zero-order valence-corrected chi connectivity index (χ0v) is 7.09. The van der Waals surface area contributed by atoms with E-state index in [4.69, 9.17) is 4.74 Å². The molecule has 0 aromatic rings. The topological polar surface area (TPSA) is 12.5 Å². The summed E-state index contributed by atoms with van der Waals surface area (Å²) in [5.74, 6) is -2.99. The molecule has 1 atom stereocenters. The molecule has 12 heavy (non-hydrogen) atoms. The number of rotatable bonds is 1. The van der Waals surface area contributed by atoms with Gasteiger partial charge in [-0.3, -0.25) is 4.90 Å². The summed E-state index contributed by atoms with van der Waals surface area (Å²) >= 11 is 0. The number of ether oxygens (including phenoxy) is 1. The van der Waals surface area contributed by atoms with Gasteiger partial charge in [-0.05, 0) is 0 Å². The van der Waals surface area contributed by atoms with E-state index in [9.17, 15) is 8.78 Å². The molecule has 0 aromatic heterocycles. The van der Waals surface area contributed by atoms with Gasteiger partial charge in [0.1, 0.15) is 0 Å².